The van der Waals surface area contributed by atoms with E-state index >= 15 is 0 Å². The number of esters is 1. The quantitative estimate of drug-likeness (QED) is 0.624. The minimum absolute atomic E-state index is 0.0499. The lowest BCUT2D eigenvalue weighted by Gasteiger charge is -2.21. The molecule has 1 atom stereocenters. The van der Waals surface area contributed by atoms with Crippen LogP contribution in [-0.4, -0.2) is 57.4 Å². The summed E-state index contributed by atoms with van der Waals surface area (Å²) < 4.78 is 38.1. The fourth-order valence-corrected chi connectivity index (χ4v) is 4.80. The second-order valence-corrected chi connectivity index (χ2v) is 9.77. The van der Waals surface area contributed by atoms with Crippen LogP contribution >= 0.6 is 0 Å². The Bertz CT molecular complexity index is 845. The first-order valence-electron chi connectivity index (χ1n) is 10.3. The van der Waals surface area contributed by atoms with Gasteiger partial charge in [0, 0.05) is 19.1 Å². The molecule has 8 nitrogen and oxygen atoms in total. The SMILES string of the molecule is COc1ccc(C(=O)OCC(=O)NC(C)C(C)C)cc1S(=O)(=O)N1CCCCCC1. The van der Waals surface area contributed by atoms with Crippen molar-refractivity contribution in [3.8, 4) is 5.75 Å². The van der Waals surface area contributed by atoms with Crippen LogP contribution < -0.4 is 10.1 Å². The van der Waals surface area contributed by atoms with Gasteiger partial charge in [0.25, 0.3) is 5.91 Å². The van der Waals surface area contributed by atoms with Gasteiger partial charge in [-0.1, -0.05) is 26.7 Å². The number of benzene rings is 1. The molecule has 2 rings (SSSR count). The molecule has 30 heavy (non-hydrogen) atoms. The van der Waals surface area contributed by atoms with Crippen LogP contribution in [0.4, 0.5) is 0 Å². The van der Waals surface area contributed by atoms with Crippen molar-refractivity contribution in [3.05, 3.63) is 23.8 Å². The minimum atomic E-state index is -3.82. The lowest BCUT2D eigenvalue weighted by Crippen LogP contribution is -2.38. The van der Waals surface area contributed by atoms with E-state index < -0.39 is 28.5 Å². The van der Waals surface area contributed by atoms with Gasteiger partial charge < -0.3 is 14.8 Å². The van der Waals surface area contributed by atoms with E-state index in [1.165, 1.54) is 29.6 Å². The summed E-state index contributed by atoms with van der Waals surface area (Å²) in [6.07, 6.45) is 3.58. The molecule has 1 aromatic rings. The number of rotatable bonds is 8. The highest BCUT2D eigenvalue weighted by Gasteiger charge is 2.29. The van der Waals surface area contributed by atoms with Gasteiger partial charge >= 0.3 is 5.97 Å². The molecule has 1 fully saturated rings. The molecule has 0 aromatic heterocycles. The maximum Gasteiger partial charge on any atom is 0.338 e. The van der Waals surface area contributed by atoms with Crippen molar-refractivity contribution >= 4 is 21.9 Å². The van der Waals surface area contributed by atoms with Crippen LogP contribution in [0.1, 0.15) is 56.8 Å². The van der Waals surface area contributed by atoms with Crippen LogP contribution in [0, 0.1) is 5.92 Å². The number of hydrogen-bond donors (Lipinski definition) is 1. The number of sulfonamides is 1. The van der Waals surface area contributed by atoms with Crippen molar-refractivity contribution in [2.75, 3.05) is 26.8 Å². The first-order chi connectivity index (χ1) is 14.2. The lowest BCUT2D eigenvalue weighted by molar-refractivity contribution is -0.125. The number of carbonyl (C=O) groups excluding carboxylic acids is 2. The number of nitrogens with one attached hydrogen (secondary N) is 1. The second kappa shape index (κ2) is 10.8. The van der Waals surface area contributed by atoms with Gasteiger partial charge in [-0.2, -0.15) is 4.31 Å². The summed E-state index contributed by atoms with van der Waals surface area (Å²) in [6, 6.07) is 4.07. The van der Waals surface area contributed by atoms with E-state index in [0.29, 0.717) is 13.1 Å². The maximum absolute atomic E-state index is 13.2. The van der Waals surface area contributed by atoms with Gasteiger partial charge in [0.15, 0.2) is 6.61 Å². The largest absolute Gasteiger partial charge is 0.495 e. The Labute approximate surface area is 179 Å². The van der Waals surface area contributed by atoms with Crippen molar-refractivity contribution < 1.29 is 27.5 Å². The van der Waals surface area contributed by atoms with Crippen molar-refractivity contribution in [1.82, 2.24) is 9.62 Å². The van der Waals surface area contributed by atoms with E-state index in [9.17, 15) is 18.0 Å². The molecule has 0 aliphatic carbocycles. The molecule has 1 N–H and O–H groups in total. The molecule has 9 heteroatoms. The van der Waals surface area contributed by atoms with E-state index in [4.69, 9.17) is 9.47 Å². The molecule has 1 amide bonds. The molecule has 0 spiro atoms. The second-order valence-electron chi connectivity index (χ2n) is 7.86. The van der Waals surface area contributed by atoms with Crippen LogP contribution in [0.5, 0.6) is 5.75 Å². The van der Waals surface area contributed by atoms with Gasteiger partial charge in [0.1, 0.15) is 10.6 Å². The average Bonchev–Trinajstić information content (AvgIpc) is 3.01. The first-order valence-corrected chi connectivity index (χ1v) is 11.8. The highest BCUT2D eigenvalue weighted by molar-refractivity contribution is 7.89. The molecule has 1 aliphatic heterocycles. The van der Waals surface area contributed by atoms with E-state index in [1.54, 1.807) is 0 Å². The number of hydrogen-bond acceptors (Lipinski definition) is 6. The zero-order valence-corrected chi connectivity index (χ0v) is 19.0. The molecule has 1 aromatic carbocycles. The molecule has 1 saturated heterocycles. The Morgan fingerprint density at radius 3 is 2.30 bits per heavy atom. The summed E-state index contributed by atoms with van der Waals surface area (Å²) in [6.45, 7) is 6.26. The Kier molecular flexibility index (Phi) is 8.66. The van der Waals surface area contributed by atoms with Crippen molar-refractivity contribution in [2.45, 2.75) is 57.4 Å². The summed E-state index contributed by atoms with van der Waals surface area (Å²) in [5.74, 6) is -0.759. The molecule has 0 saturated carbocycles. The van der Waals surface area contributed by atoms with Gasteiger partial charge in [-0.05, 0) is 43.9 Å². The summed E-state index contributed by atoms with van der Waals surface area (Å²) >= 11 is 0. The fourth-order valence-electron chi connectivity index (χ4n) is 3.10. The van der Waals surface area contributed by atoms with Crippen molar-refractivity contribution in [1.29, 1.82) is 0 Å². The molecule has 0 bridgehead atoms. The normalized spacial score (nSPS) is 16.6. The zero-order chi connectivity index (χ0) is 22.3. The predicted molar refractivity (Wildman–Crippen MR) is 113 cm³/mol. The number of nitrogens with zero attached hydrogens (tertiary/aromatic N) is 1. The Morgan fingerprint density at radius 2 is 1.73 bits per heavy atom. The lowest BCUT2D eigenvalue weighted by atomic mass is 10.1. The molecular weight excluding hydrogens is 408 g/mol. The van der Waals surface area contributed by atoms with Crippen LogP contribution in [0.3, 0.4) is 0 Å². The Hall–Kier alpha value is -2.13. The predicted octanol–water partition coefficient (Wildman–Crippen LogP) is 2.58. The van der Waals surface area contributed by atoms with Crippen LogP contribution in [0.15, 0.2) is 23.1 Å². The number of amides is 1. The monoisotopic (exact) mass is 440 g/mol. The van der Waals surface area contributed by atoms with Gasteiger partial charge in [0.2, 0.25) is 10.0 Å². The average molecular weight is 441 g/mol. The van der Waals surface area contributed by atoms with E-state index in [-0.39, 0.29) is 28.2 Å². The van der Waals surface area contributed by atoms with Crippen molar-refractivity contribution in [3.63, 3.8) is 0 Å². The summed E-state index contributed by atoms with van der Waals surface area (Å²) in [5, 5.41) is 2.75. The third-order valence-corrected chi connectivity index (χ3v) is 7.23. The molecule has 1 aliphatic rings. The van der Waals surface area contributed by atoms with Gasteiger partial charge in [0.05, 0.1) is 12.7 Å². The Morgan fingerprint density at radius 1 is 1.10 bits per heavy atom. The first kappa shape index (κ1) is 24.1. The van der Waals surface area contributed by atoms with E-state index in [2.05, 4.69) is 5.32 Å². The topological polar surface area (TPSA) is 102 Å². The number of ether oxygens (including phenoxy) is 2. The van der Waals surface area contributed by atoms with Crippen LogP contribution in [0.2, 0.25) is 0 Å². The number of methoxy groups -OCH3 is 1. The van der Waals surface area contributed by atoms with E-state index in [0.717, 1.165) is 25.7 Å². The van der Waals surface area contributed by atoms with Gasteiger partial charge in [-0.25, -0.2) is 13.2 Å². The number of carbonyl (C=O) groups is 2. The van der Waals surface area contributed by atoms with Gasteiger partial charge in [-0.15, -0.1) is 0 Å². The fraction of sp³-hybridized carbons (Fsp3) is 0.619. The van der Waals surface area contributed by atoms with Crippen LogP contribution in [-0.2, 0) is 19.6 Å². The molecule has 1 unspecified atom stereocenters. The molecule has 168 valence electrons. The summed E-state index contributed by atoms with van der Waals surface area (Å²) in [5.41, 5.74) is 0.0499. The van der Waals surface area contributed by atoms with E-state index in [1.807, 2.05) is 20.8 Å². The maximum atomic E-state index is 13.2. The molecule has 0 radical (unpaired) electrons. The summed E-state index contributed by atoms with van der Waals surface area (Å²) in [4.78, 5) is 24.3. The summed E-state index contributed by atoms with van der Waals surface area (Å²) in [7, 11) is -2.44. The third kappa shape index (κ3) is 6.18. The molecular formula is C21H32N2O6S. The Balaban J connectivity index is 2.16. The van der Waals surface area contributed by atoms with Crippen LogP contribution in [0.25, 0.3) is 0 Å². The standard InChI is InChI=1S/C21H32N2O6S/c1-15(2)16(3)22-20(24)14-29-21(25)17-9-10-18(28-4)19(13-17)30(26,27)23-11-7-5-6-8-12-23/h9-10,13,15-16H,5-8,11-12,14H2,1-4H3,(H,22,24). The highest BCUT2D eigenvalue weighted by Crippen LogP contribution is 2.29. The highest BCUT2D eigenvalue weighted by atomic mass is 32.2. The zero-order valence-electron chi connectivity index (χ0n) is 18.1. The third-order valence-electron chi connectivity index (χ3n) is 5.31. The molecule has 1 heterocycles. The van der Waals surface area contributed by atoms with Gasteiger partial charge in [-0.3, -0.25) is 4.79 Å². The van der Waals surface area contributed by atoms with Crippen molar-refractivity contribution in [2.24, 2.45) is 5.92 Å². The smallest absolute Gasteiger partial charge is 0.338 e. The minimum Gasteiger partial charge on any atom is -0.495 e.